The highest BCUT2D eigenvalue weighted by molar-refractivity contribution is 5.95. The normalized spacial score (nSPS) is 19.6. The van der Waals surface area contributed by atoms with E-state index in [0.29, 0.717) is 13.0 Å². The Morgan fingerprint density at radius 2 is 2.29 bits per heavy atom. The number of anilines is 1. The summed E-state index contributed by atoms with van der Waals surface area (Å²) in [5, 5.41) is 0. The molecule has 1 aliphatic heterocycles. The van der Waals surface area contributed by atoms with Crippen molar-refractivity contribution in [3.8, 4) is 5.75 Å². The molecule has 4 heteroatoms. The summed E-state index contributed by atoms with van der Waals surface area (Å²) in [6.07, 6.45) is 1.15. The molecule has 1 aliphatic rings. The van der Waals surface area contributed by atoms with Crippen LogP contribution in [0.4, 0.5) is 5.69 Å². The Kier molecular flexibility index (Phi) is 3.33. The van der Waals surface area contributed by atoms with Crippen LogP contribution in [0.1, 0.15) is 18.9 Å². The quantitative estimate of drug-likeness (QED) is 0.839. The minimum absolute atomic E-state index is 0.0773. The zero-order valence-corrected chi connectivity index (χ0v) is 10.3. The van der Waals surface area contributed by atoms with E-state index < -0.39 is 0 Å². The summed E-state index contributed by atoms with van der Waals surface area (Å²) in [5.41, 5.74) is 7.51. The van der Waals surface area contributed by atoms with Gasteiger partial charge in [-0.15, -0.1) is 0 Å². The van der Waals surface area contributed by atoms with Gasteiger partial charge in [0.2, 0.25) is 5.91 Å². The number of amides is 1. The van der Waals surface area contributed by atoms with Crippen LogP contribution in [-0.2, 0) is 11.2 Å². The zero-order chi connectivity index (χ0) is 12.4. The lowest BCUT2D eigenvalue weighted by Gasteiger charge is -2.17. The van der Waals surface area contributed by atoms with Gasteiger partial charge in [-0.1, -0.05) is 6.07 Å². The molecule has 0 spiro atoms. The molecule has 1 aromatic carbocycles. The number of nitrogens with two attached hydrogens (primary N) is 1. The third-order valence-electron chi connectivity index (χ3n) is 2.98. The van der Waals surface area contributed by atoms with Crippen LogP contribution in [0.2, 0.25) is 0 Å². The number of fused-ring (bicyclic) bond motifs is 1. The Balaban J connectivity index is 2.40. The van der Waals surface area contributed by atoms with E-state index in [1.165, 1.54) is 0 Å². The van der Waals surface area contributed by atoms with Crippen LogP contribution < -0.4 is 15.4 Å². The molecule has 1 aromatic rings. The molecule has 0 saturated carbocycles. The average Bonchev–Trinajstić information content (AvgIpc) is 2.39. The molecule has 0 fully saturated rings. The molecule has 1 heterocycles. The van der Waals surface area contributed by atoms with Crippen molar-refractivity contribution in [1.82, 2.24) is 0 Å². The summed E-state index contributed by atoms with van der Waals surface area (Å²) in [4.78, 5) is 13.5. The van der Waals surface area contributed by atoms with Crippen LogP contribution >= 0.6 is 0 Å². The molecule has 1 atom stereocenters. The van der Waals surface area contributed by atoms with Crippen molar-refractivity contribution in [3.05, 3.63) is 23.8 Å². The van der Waals surface area contributed by atoms with Gasteiger partial charge in [0, 0.05) is 7.05 Å². The number of hydrogen-bond donors (Lipinski definition) is 1. The summed E-state index contributed by atoms with van der Waals surface area (Å²) in [7, 11) is 1.79. The lowest BCUT2D eigenvalue weighted by Crippen LogP contribution is -2.27. The molecule has 2 rings (SSSR count). The van der Waals surface area contributed by atoms with Crippen LogP contribution in [0.25, 0.3) is 0 Å². The summed E-state index contributed by atoms with van der Waals surface area (Å²) >= 11 is 0. The predicted octanol–water partition coefficient (Wildman–Crippen LogP) is 1.32. The maximum absolute atomic E-state index is 11.9. The van der Waals surface area contributed by atoms with Gasteiger partial charge in [0.05, 0.1) is 12.1 Å². The largest absolute Gasteiger partial charge is 0.488 e. The second-order valence-corrected chi connectivity index (χ2v) is 4.43. The van der Waals surface area contributed by atoms with E-state index in [0.717, 1.165) is 23.4 Å². The zero-order valence-electron chi connectivity index (χ0n) is 10.3. The summed E-state index contributed by atoms with van der Waals surface area (Å²) in [5.74, 6) is 0.854. The lowest BCUT2D eigenvalue weighted by atomic mass is 10.1. The molecule has 0 saturated heterocycles. The van der Waals surface area contributed by atoms with Gasteiger partial charge >= 0.3 is 0 Å². The molecule has 2 N–H and O–H groups in total. The van der Waals surface area contributed by atoms with Crippen LogP contribution in [-0.4, -0.2) is 25.6 Å². The third kappa shape index (κ3) is 2.42. The highest BCUT2D eigenvalue weighted by Crippen LogP contribution is 2.33. The van der Waals surface area contributed by atoms with Gasteiger partial charge in [0.25, 0.3) is 0 Å². The Hall–Kier alpha value is -1.55. The van der Waals surface area contributed by atoms with Gasteiger partial charge in [0.1, 0.15) is 11.9 Å². The molecule has 92 valence electrons. The van der Waals surface area contributed by atoms with Gasteiger partial charge < -0.3 is 15.4 Å². The smallest absolute Gasteiger partial charge is 0.230 e. The first-order chi connectivity index (χ1) is 8.11. The molecule has 1 unspecified atom stereocenters. The standard InChI is InChI=1S/C13H18N2O2/c1-9-7-13(16)15(2)11-8-10(5-6-14)3-4-12(11)17-9/h3-4,8-9H,5-7,14H2,1-2H3. The van der Waals surface area contributed by atoms with Crippen LogP contribution in [0.15, 0.2) is 18.2 Å². The van der Waals surface area contributed by atoms with Crippen molar-refractivity contribution >= 4 is 11.6 Å². The van der Waals surface area contributed by atoms with Gasteiger partial charge in [0.15, 0.2) is 0 Å². The maximum Gasteiger partial charge on any atom is 0.230 e. The molecular formula is C13H18N2O2. The molecular weight excluding hydrogens is 216 g/mol. The van der Waals surface area contributed by atoms with Crippen molar-refractivity contribution in [1.29, 1.82) is 0 Å². The molecule has 17 heavy (non-hydrogen) atoms. The fraction of sp³-hybridized carbons (Fsp3) is 0.462. The van der Waals surface area contributed by atoms with Crippen molar-refractivity contribution < 1.29 is 9.53 Å². The summed E-state index contributed by atoms with van der Waals surface area (Å²) in [6, 6.07) is 5.91. The minimum atomic E-state index is -0.0773. The van der Waals surface area contributed by atoms with Crippen molar-refractivity contribution in [2.24, 2.45) is 5.73 Å². The van der Waals surface area contributed by atoms with E-state index >= 15 is 0 Å². The van der Waals surface area contributed by atoms with Gasteiger partial charge in [-0.25, -0.2) is 0 Å². The maximum atomic E-state index is 11.9. The number of ether oxygens (including phenoxy) is 1. The first-order valence-electron chi connectivity index (χ1n) is 5.88. The topological polar surface area (TPSA) is 55.6 Å². The monoisotopic (exact) mass is 234 g/mol. The van der Waals surface area contributed by atoms with E-state index in [2.05, 4.69) is 0 Å². The predicted molar refractivity (Wildman–Crippen MR) is 67.3 cm³/mol. The highest BCUT2D eigenvalue weighted by atomic mass is 16.5. The number of nitrogens with zero attached hydrogens (tertiary/aromatic N) is 1. The second-order valence-electron chi connectivity index (χ2n) is 4.43. The van der Waals surface area contributed by atoms with Gasteiger partial charge in [-0.3, -0.25) is 4.79 Å². The van der Waals surface area contributed by atoms with E-state index in [-0.39, 0.29) is 12.0 Å². The van der Waals surface area contributed by atoms with E-state index in [1.807, 2.05) is 25.1 Å². The Labute approximate surface area is 101 Å². The fourth-order valence-electron chi connectivity index (χ4n) is 2.02. The van der Waals surface area contributed by atoms with Gasteiger partial charge in [-0.05, 0) is 37.6 Å². The molecule has 0 bridgehead atoms. The summed E-state index contributed by atoms with van der Waals surface area (Å²) < 4.78 is 5.74. The Morgan fingerprint density at radius 1 is 1.53 bits per heavy atom. The highest BCUT2D eigenvalue weighted by Gasteiger charge is 2.24. The first kappa shape index (κ1) is 11.9. The van der Waals surface area contributed by atoms with Crippen LogP contribution in [0.5, 0.6) is 5.75 Å². The molecule has 0 radical (unpaired) electrons. The number of hydrogen-bond acceptors (Lipinski definition) is 3. The van der Waals surface area contributed by atoms with E-state index in [4.69, 9.17) is 10.5 Å². The average molecular weight is 234 g/mol. The minimum Gasteiger partial charge on any atom is -0.488 e. The number of benzene rings is 1. The third-order valence-corrected chi connectivity index (χ3v) is 2.98. The van der Waals surface area contributed by atoms with Crippen molar-refractivity contribution in [2.75, 3.05) is 18.5 Å². The molecule has 1 amide bonds. The van der Waals surface area contributed by atoms with Crippen LogP contribution in [0.3, 0.4) is 0 Å². The molecule has 0 aromatic heterocycles. The fourth-order valence-corrected chi connectivity index (χ4v) is 2.02. The van der Waals surface area contributed by atoms with Crippen molar-refractivity contribution in [2.45, 2.75) is 25.9 Å². The lowest BCUT2D eigenvalue weighted by molar-refractivity contribution is -0.119. The Bertz CT molecular complexity index is 431. The van der Waals surface area contributed by atoms with E-state index in [1.54, 1.807) is 11.9 Å². The van der Waals surface area contributed by atoms with Gasteiger partial charge in [-0.2, -0.15) is 0 Å². The number of rotatable bonds is 2. The SMILES string of the molecule is CC1CC(=O)N(C)c2cc(CCN)ccc2O1. The molecule has 4 nitrogen and oxygen atoms in total. The first-order valence-corrected chi connectivity index (χ1v) is 5.88. The number of carbonyl (C=O) groups excluding carboxylic acids is 1. The molecule has 0 aliphatic carbocycles. The van der Waals surface area contributed by atoms with Crippen LogP contribution in [0, 0.1) is 0 Å². The second kappa shape index (κ2) is 4.75. The summed E-state index contributed by atoms with van der Waals surface area (Å²) in [6.45, 7) is 2.52. The Morgan fingerprint density at radius 3 is 3.00 bits per heavy atom. The number of carbonyl (C=O) groups is 1. The van der Waals surface area contributed by atoms with E-state index in [9.17, 15) is 4.79 Å². The van der Waals surface area contributed by atoms with Crippen molar-refractivity contribution in [3.63, 3.8) is 0 Å².